The molecule has 15 heteroatoms. The summed E-state index contributed by atoms with van der Waals surface area (Å²) in [5, 5.41) is 4.72. The second kappa shape index (κ2) is 18.7. The van der Waals surface area contributed by atoms with Crippen LogP contribution >= 0.6 is 0 Å². The Labute approximate surface area is 288 Å². The molecule has 0 radical (unpaired) electrons. The standard InChI is InChI=1S/C34H49F2N3O8S2/c1-4-8-29(9-5-2)49(44,45)22-31(39-34(41)46-28-12-13-48(42,43)21-28)33(40)47-32(20-38-19-24-11-7-10-23(6-3)14-24)30(37)17-25-15-26(35)18-27(36)16-25/h7,10-11,14-16,18,28-32,38H,4-6,8-9,12-13,17,19-22,37H2,1-3H3,(H,39,41)/t28-,30+,31?,32-/m1/s1. The van der Waals surface area contributed by atoms with Crippen LogP contribution in [0.2, 0.25) is 0 Å². The van der Waals surface area contributed by atoms with Gasteiger partial charge in [0.25, 0.3) is 0 Å². The number of halogens is 2. The van der Waals surface area contributed by atoms with E-state index in [0.29, 0.717) is 32.2 Å². The van der Waals surface area contributed by atoms with E-state index in [1.54, 1.807) is 0 Å². The third-order valence-electron chi connectivity index (χ3n) is 8.38. The molecule has 0 spiro atoms. The van der Waals surface area contributed by atoms with Crippen LogP contribution < -0.4 is 16.4 Å². The number of hydrogen-bond acceptors (Lipinski definition) is 10. The van der Waals surface area contributed by atoms with E-state index in [-0.39, 0.29) is 36.5 Å². The fraction of sp³-hybridized carbons (Fsp3) is 0.588. The number of esters is 1. The fourth-order valence-corrected chi connectivity index (χ4v) is 9.56. The van der Waals surface area contributed by atoms with E-state index in [2.05, 4.69) is 10.6 Å². The molecule has 0 aliphatic carbocycles. The Hall–Kier alpha value is -3.14. The topological polar surface area (TPSA) is 171 Å². The summed E-state index contributed by atoms with van der Waals surface area (Å²) in [6.07, 6.45) is -0.571. The number of nitrogens with two attached hydrogens (primary N) is 1. The minimum Gasteiger partial charge on any atom is -0.458 e. The molecule has 1 aliphatic rings. The molecule has 3 rings (SSSR count). The zero-order valence-electron chi connectivity index (χ0n) is 28.3. The van der Waals surface area contributed by atoms with E-state index < -0.39 is 78.7 Å². The van der Waals surface area contributed by atoms with Crippen LogP contribution in [-0.2, 0) is 53.3 Å². The van der Waals surface area contributed by atoms with Crippen LogP contribution in [0.1, 0.15) is 69.6 Å². The summed E-state index contributed by atoms with van der Waals surface area (Å²) in [5.74, 6) is -4.05. The molecule has 1 saturated heterocycles. The average molecular weight is 730 g/mol. The van der Waals surface area contributed by atoms with E-state index in [9.17, 15) is 35.2 Å². The van der Waals surface area contributed by atoms with Crippen LogP contribution in [0.4, 0.5) is 13.6 Å². The van der Waals surface area contributed by atoms with E-state index in [1.807, 2.05) is 45.0 Å². The first-order chi connectivity index (χ1) is 23.1. The van der Waals surface area contributed by atoms with Crippen LogP contribution in [0, 0.1) is 11.6 Å². The summed E-state index contributed by atoms with van der Waals surface area (Å²) in [5.41, 5.74) is 8.75. The lowest BCUT2D eigenvalue weighted by molar-refractivity contribution is -0.151. The predicted octanol–water partition coefficient (Wildman–Crippen LogP) is 3.76. The molecular weight excluding hydrogens is 681 g/mol. The summed E-state index contributed by atoms with van der Waals surface area (Å²) in [7, 11) is -7.34. The smallest absolute Gasteiger partial charge is 0.408 e. The Morgan fingerprint density at radius 1 is 1.00 bits per heavy atom. The van der Waals surface area contributed by atoms with Gasteiger partial charge in [0.05, 0.1) is 22.5 Å². The first-order valence-corrected chi connectivity index (χ1v) is 20.3. The van der Waals surface area contributed by atoms with Crippen molar-refractivity contribution >= 4 is 31.7 Å². The number of ether oxygens (including phenoxy) is 2. The Morgan fingerprint density at radius 2 is 1.65 bits per heavy atom. The molecule has 2 aromatic rings. The third-order valence-corrected chi connectivity index (χ3v) is 12.4. The number of alkyl carbamates (subject to hydrolysis) is 1. The summed E-state index contributed by atoms with van der Waals surface area (Å²) in [6, 6.07) is 8.07. The van der Waals surface area contributed by atoms with Crippen LogP contribution in [0.25, 0.3) is 0 Å². The van der Waals surface area contributed by atoms with E-state index in [1.165, 1.54) is 0 Å². The molecule has 0 saturated carbocycles. The van der Waals surface area contributed by atoms with Crippen LogP contribution in [0.5, 0.6) is 0 Å². The van der Waals surface area contributed by atoms with Crippen molar-refractivity contribution in [1.29, 1.82) is 0 Å². The molecule has 1 heterocycles. The molecule has 2 aromatic carbocycles. The first-order valence-electron chi connectivity index (χ1n) is 16.7. The van der Waals surface area contributed by atoms with Gasteiger partial charge < -0.3 is 25.8 Å². The number of sulfone groups is 2. The molecule has 0 aromatic heterocycles. The van der Waals surface area contributed by atoms with Gasteiger partial charge in [-0.3, -0.25) is 0 Å². The normalized spacial score (nSPS) is 17.7. The maximum absolute atomic E-state index is 14.0. The maximum Gasteiger partial charge on any atom is 0.408 e. The highest BCUT2D eigenvalue weighted by atomic mass is 32.2. The van der Waals surface area contributed by atoms with Gasteiger partial charge in [-0.05, 0) is 60.9 Å². The molecule has 4 atom stereocenters. The number of carbonyl (C=O) groups excluding carboxylic acids is 2. The number of amides is 1. The van der Waals surface area contributed by atoms with Gasteiger partial charge in [0.2, 0.25) is 0 Å². The zero-order valence-corrected chi connectivity index (χ0v) is 30.0. The van der Waals surface area contributed by atoms with Gasteiger partial charge in [-0.1, -0.05) is 57.9 Å². The molecule has 49 heavy (non-hydrogen) atoms. The maximum atomic E-state index is 14.0. The van der Waals surface area contributed by atoms with E-state index in [0.717, 1.165) is 35.7 Å². The molecule has 274 valence electrons. The SMILES string of the molecule is CCCC(CCC)S(=O)(=O)CC(NC(=O)O[C@@H]1CCS(=O)(=O)C1)C(=O)O[C@H](CNCc1cccc(CC)c1)[C@@H](N)Cc1cc(F)cc(F)c1. The number of rotatable bonds is 19. The summed E-state index contributed by atoms with van der Waals surface area (Å²) in [6.45, 7) is 6.07. The lowest BCUT2D eigenvalue weighted by atomic mass is 10.0. The highest BCUT2D eigenvalue weighted by Gasteiger charge is 2.37. The number of carbonyl (C=O) groups is 2. The monoisotopic (exact) mass is 729 g/mol. The Kier molecular flexibility index (Phi) is 15.4. The summed E-state index contributed by atoms with van der Waals surface area (Å²) in [4.78, 5) is 26.7. The summed E-state index contributed by atoms with van der Waals surface area (Å²) >= 11 is 0. The van der Waals surface area contributed by atoms with Gasteiger partial charge in [0.15, 0.2) is 19.7 Å². The molecule has 0 bridgehead atoms. The summed E-state index contributed by atoms with van der Waals surface area (Å²) < 4.78 is 89.8. The molecule has 1 fully saturated rings. The quantitative estimate of drug-likeness (QED) is 0.181. The highest BCUT2D eigenvalue weighted by Crippen LogP contribution is 2.19. The van der Waals surface area contributed by atoms with Gasteiger partial charge >= 0.3 is 12.1 Å². The van der Waals surface area contributed by atoms with Gasteiger partial charge in [-0.25, -0.2) is 35.2 Å². The highest BCUT2D eigenvalue weighted by molar-refractivity contribution is 7.92. The van der Waals surface area contributed by atoms with E-state index >= 15 is 0 Å². The third kappa shape index (κ3) is 13.3. The first kappa shape index (κ1) is 40.3. The Bertz CT molecular complexity index is 1600. The molecule has 1 amide bonds. The molecule has 11 nitrogen and oxygen atoms in total. The van der Waals surface area contributed by atoms with Crippen molar-refractivity contribution in [2.24, 2.45) is 5.73 Å². The van der Waals surface area contributed by atoms with Crippen molar-refractivity contribution < 1.29 is 44.7 Å². The van der Waals surface area contributed by atoms with Crippen molar-refractivity contribution in [2.45, 2.75) is 102 Å². The lowest BCUT2D eigenvalue weighted by Crippen LogP contribution is -2.52. The van der Waals surface area contributed by atoms with Crippen molar-refractivity contribution in [2.75, 3.05) is 23.8 Å². The minimum atomic E-state index is -3.95. The largest absolute Gasteiger partial charge is 0.458 e. The molecule has 1 aliphatic heterocycles. The Morgan fingerprint density at radius 3 is 2.24 bits per heavy atom. The van der Waals surface area contributed by atoms with Gasteiger partial charge in [-0.2, -0.15) is 0 Å². The average Bonchev–Trinajstić information content (AvgIpc) is 3.36. The Balaban J connectivity index is 1.86. The molecule has 4 N–H and O–H groups in total. The van der Waals surface area contributed by atoms with Crippen LogP contribution in [0.3, 0.4) is 0 Å². The van der Waals surface area contributed by atoms with Gasteiger partial charge in [0, 0.05) is 25.2 Å². The zero-order chi connectivity index (χ0) is 36.2. The second-order valence-electron chi connectivity index (χ2n) is 12.6. The van der Waals surface area contributed by atoms with Crippen molar-refractivity contribution in [1.82, 2.24) is 10.6 Å². The minimum absolute atomic E-state index is 0.0147. The fourth-order valence-electron chi connectivity index (χ4n) is 5.83. The second-order valence-corrected chi connectivity index (χ2v) is 17.1. The lowest BCUT2D eigenvalue weighted by Gasteiger charge is -2.28. The van der Waals surface area contributed by atoms with Gasteiger partial charge in [-0.15, -0.1) is 0 Å². The van der Waals surface area contributed by atoms with Crippen molar-refractivity contribution in [3.8, 4) is 0 Å². The van der Waals surface area contributed by atoms with Crippen molar-refractivity contribution in [3.63, 3.8) is 0 Å². The molecule has 1 unspecified atom stereocenters. The number of aryl methyl sites for hydroxylation is 1. The number of nitrogens with one attached hydrogen (secondary N) is 2. The number of hydrogen-bond donors (Lipinski definition) is 3. The van der Waals surface area contributed by atoms with Gasteiger partial charge in [0.1, 0.15) is 29.9 Å². The number of benzene rings is 2. The predicted molar refractivity (Wildman–Crippen MR) is 183 cm³/mol. The van der Waals surface area contributed by atoms with Crippen LogP contribution in [-0.4, -0.2) is 82.2 Å². The molecular formula is C34H49F2N3O8S2. The van der Waals surface area contributed by atoms with Crippen LogP contribution in [0.15, 0.2) is 42.5 Å². The van der Waals surface area contributed by atoms with E-state index in [4.69, 9.17) is 15.2 Å². The van der Waals surface area contributed by atoms with Crippen molar-refractivity contribution in [3.05, 3.63) is 70.8 Å².